The molecule has 2 aromatic heterocycles. The van der Waals surface area contributed by atoms with E-state index in [2.05, 4.69) is 15.3 Å². The summed E-state index contributed by atoms with van der Waals surface area (Å²) in [6, 6.07) is 13.3. The minimum Gasteiger partial charge on any atom is -0.338 e. The molecule has 1 atom stereocenters. The lowest BCUT2D eigenvalue weighted by Crippen LogP contribution is -2.35. The molecule has 1 aromatic carbocycles. The van der Waals surface area contributed by atoms with Crippen molar-refractivity contribution in [1.82, 2.24) is 15.3 Å². The molecule has 3 rings (SSSR count). The number of nitrogens with zero attached hydrogens (tertiary/aromatic N) is 2. The van der Waals surface area contributed by atoms with Crippen LogP contribution in [0.1, 0.15) is 27.5 Å². The highest BCUT2D eigenvalue weighted by Crippen LogP contribution is 2.23. The van der Waals surface area contributed by atoms with Crippen molar-refractivity contribution >= 4 is 23.3 Å². The standard InChI is InChI=1S/C19H14ClN3O2/c20-16-7-5-13(6-8-16)17(14-3-1-9-21-11-14)23-19(25)18(24)15-4-2-10-22-12-15/h1-12,17H,(H,23,25)/t17-/m1/s1. The number of carbonyl (C=O) groups excluding carboxylic acids is 2. The predicted octanol–water partition coefficient (Wildman–Crippen LogP) is 3.22. The molecule has 2 heterocycles. The van der Waals surface area contributed by atoms with Gasteiger partial charge in [0.25, 0.3) is 11.7 Å². The molecule has 0 spiro atoms. The van der Waals surface area contributed by atoms with Gasteiger partial charge in [-0.15, -0.1) is 0 Å². The number of aromatic nitrogens is 2. The molecule has 0 aliphatic rings. The monoisotopic (exact) mass is 351 g/mol. The van der Waals surface area contributed by atoms with Crippen molar-refractivity contribution < 1.29 is 9.59 Å². The minimum absolute atomic E-state index is 0.237. The highest BCUT2D eigenvalue weighted by atomic mass is 35.5. The maximum atomic E-state index is 12.4. The number of hydrogen-bond donors (Lipinski definition) is 1. The van der Waals surface area contributed by atoms with Crippen LogP contribution in [0.5, 0.6) is 0 Å². The number of carbonyl (C=O) groups is 2. The van der Waals surface area contributed by atoms with Crippen LogP contribution in [0.4, 0.5) is 0 Å². The van der Waals surface area contributed by atoms with Gasteiger partial charge in [-0.25, -0.2) is 0 Å². The first-order valence-electron chi connectivity index (χ1n) is 7.56. The second-order valence-electron chi connectivity index (χ2n) is 5.32. The molecular weight excluding hydrogens is 338 g/mol. The predicted molar refractivity (Wildman–Crippen MR) is 94.2 cm³/mol. The normalized spacial score (nSPS) is 11.6. The number of rotatable bonds is 5. The molecule has 5 nitrogen and oxygen atoms in total. The van der Waals surface area contributed by atoms with Crippen LogP contribution in [-0.4, -0.2) is 21.7 Å². The fourth-order valence-electron chi connectivity index (χ4n) is 2.39. The van der Waals surface area contributed by atoms with E-state index in [0.29, 0.717) is 5.02 Å². The van der Waals surface area contributed by atoms with E-state index in [1.807, 2.05) is 6.07 Å². The van der Waals surface area contributed by atoms with Crippen molar-refractivity contribution in [1.29, 1.82) is 0 Å². The van der Waals surface area contributed by atoms with Crippen LogP contribution < -0.4 is 5.32 Å². The Kier molecular flexibility index (Phi) is 5.16. The van der Waals surface area contributed by atoms with E-state index in [-0.39, 0.29) is 5.56 Å². The van der Waals surface area contributed by atoms with Gasteiger partial charge in [-0.3, -0.25) is 19.6 Å². The van der Waals surface area contributed by atoms with Crippen LogP contribution in [-0.2, 0) is 4.79 Å². The Hall–Kier alpha value is -3.05. The van der Waals surface area contributed by atoms with Gasteiger partial charge >= 0.3 is 0 Å². The van der Waals surface area contributed by atoms with E-state index >= 15 is 0 Å². The van der Waals surface area contributed by atoms with Gasteiger partial charge in [0.1, 0.15) is 0 Å². The lowest BCUT2D eigenvalue weighted by Gasteiger charge is -2.19. The zero-order valence-electron chi connectivity index (χ0n) is 13.1. The third-order valence-corrected chi connectivity index (χ3v) is 3.88. The number of Topliss-reactive ketones (excluding diaryl/α,β-unsaturated/α-hetero) is 1. The fourth-order valence-corrected chi connectivity index (χ4v) is 2.51. The van der Waals surface area contributed by atoms with Crippen LogP contribution in [0, 0.1) is 0 Å². The molecule has 25 heavy (non-hydrogen) atoms. The number of ketones is 1. The summed E-state index contributed by atoms with van der Waals surface area (Å²) in [6.07, 6.45) is 6.20. The molecule has 0 radical (unpaired) electrons. The van der Waals surface area contributed by atoms with Gasteiger partial charge in [-0.2, -0.15) is 0 Å². The van der Waals surface area contributed by atoms with Crippen LogP contribution >= 0.6 is 11.6 Å². The van der Waals surface area contributed by atoms with Crippen molar-refractivity contribution in [2.45, 2.75) is 6.04 Å². The van der Waals surface area contributed by atoms with Gasteiger partial charge in [0.2, 0.25) is 0 Å². The van der Waals surface area contributed by atoms with Crippen molar-refractivity contribution in [2.24, 2.45) is 0 Å². The van der Waals surface area contributed by atoms with Crippen molar-refractivity contribution in [2.75, 3.05) is 0 Å². The molecule has 124 valence electrons. The van der Waals surface area contributed by atoms with Crippen molar-refractivity contribution in [3.63, 3.8) is 0 Å². The number of halogens is 1. The quantitative estimate of drug-likeness (QED) is 0.566. The number of benzene rings is 1. The molecule has 1 amide bonds. The van der Waals surface area contributed by atoms with Gasteiger partial charge in [0, 0.05) is 35.4 Å². The lowest BCUT2D eigenvalue weighted by molar-refractivity contribution is -0.117. The highest BCUT2D eigenvalue weighted by molar-refractivity contribution is 6.42. The highest BCUT2D eigenvalue weighted by Gasteiger charge is 2.22. The maximum Gasteiger partial charge on any atom is 0.293 e. The van der Waals surface area contributed by atoms with E-state index in [0.717, 1.165) is 11.1 Å². The van der Waals surface area contributed by atoms with E-state index in [1.165, 1.54) is 6.20 Å². The number of amides is 1. The Morgan fingerprint density at radius 2 is 1.56 bits per heavy atom. The summed E-state index contributed by atoms with van der Waals surface area (Å²) in [7, 11) is 0. The molecule has 0 aliphatic heterocycles. The number of nitrogens with one attached hydrogen (secondary N) is 1. The Balaban J connectivity index is 1.89. The first kappa shape index (κ1) is 16.8. The minimum atomic E-state index is -0.711. The molecule has 0 bridgehead atoms. The number of pyridine rings is 2. The second kappa shape index (κ2) is 7.68. The van der Waals surface area contributed by atoms with Crippen LogP contribution in [0.15, 0.2) is 73.3 Å². The molecule has 0 saturated heterocycles. The molecular formula is C19H14ClN3O2. The zero-order chi connectivity index (χ0) is 17.6. The average Bonchev–Trinajstić information content (AvgIpc) is 2.67. The van der Waals surface area contributed by atoms with Gasteiger partial charge in [-0.1, -0.05) is 29.8 Å². The summed E-state index contributed by atoms with van der Waals surface area (Å²) in [5, 5.41) is 3.36. The summed E-state index contributed by atoms with van der Waals surface area (Å²) >= 11 is 5.94. The third kappa shape index (κ3) is 4.08. The Morgan fingerprint density at radius 3 is 2.16 bits per heavy atom. The SMILES string of the molecule is O=C(N[C@H](c1ccc(Cl)cc1)c1cccnc1)C(=O)c1cccnc1. The van der Waals surface area contributed by atoms with Crippen LogP contribution in [0.2, 0.25) is 5.02 Å². The third-order valence-electron chi connectivity index (χ3n) is 3.63. The first-order chi connectivity index (χ1) is 12.1. The molecule has 0 fully saturated rings. The Morgan fingerprint density at radius 1 is 0.880 bits per heavy atom. The largest absolute Gasteiger partial charge is 0.338 e. The molecule has 3 aromatic rings. The molecule has 1 N–H and O–H groups in total. The van der Waals surface area contributed by atoms with E-state index in [4.69, 9.17) is 11.6 Å². The zero-order valence-corrected chi connectivity index (χ0v) is 13.9. The average molecular weight is 352 g/mol. The summed E-state index contributed by atoms with van der Waals surface area (Å²) < 4.78 is 0. The van der Waals surface area contributed by atoms with Crippen molar-refractivity contribution in [3.05, 3.63) is 95.0 Å². The van der Waals surface area contributed by atoms with Gasteiger partial charge < -0.3 is 5.32 Å². The summed E-state index contributed by atoms with van der Waals surface area (Å²) in [4.78, 5) is 32.7. The molecule has 0 unspecified atom stereocenters. The topological polar surface area (TPSA) is 72.0 Å². The first-order valence-corrected chi connectivity index (χ1v) is 7.93. The summed E-state index contributed by atoms with van der Waals surface area (Å²) in [5.41, 5.74) is 1.79. The van der Waals surface area contributed by atoms with E-state index < -0.39 is 17.7 Å². The number of hydrogen-bond acceptors (Lipinski definition) is 4. The Bertz CT molecular complexity index is 868. The molecule has 0 saturated carbocycles. The second-order valence-corrected chi connectivity index (χ2v) is 5.75. The maximum absolute atomic E-state index is 12.4. The van der Waals surface area contributed by atoms with Crippen LogP contribution in [0.3, 0.4) is 0 Å². The fraction of sp³-hybridized carbons (Fsp3) is 0.0526. The van der Waals surface area contributed by atoms with Gasteiger partial charge in [0.15, 0.2) is 0 Å². The van der Waals surface area contributed by atoms with Gasteiger partial charge in [-0.05, 0) is 41.5 Å². The Labute approximate surface area is 149 Å². The van der Waals surface area contributed by atoms with Crippen LogP contribution in [0.25, 0.3) is 0 Å². The van der Waals surface area contributed by atoms with E-state index in [9.17, 15) is 9.59 Å². The lowest BCUT2D eigenvalue weighted by atomic mass is 9.99. The molecule has 6 heteroatoms. The van der Waals surface area contributed by atoms with E-state index in [1.54, 1.807) is 61.1 Å². The molecule has 0 aliphatic carbocycles. The van der Waals surface area contributed by atoms with Gasteiger partial charge in [0.05, 0.1) is 6.04 Å². The van der Waals surface area contributed by atoms with Crippen molar-refractivity contribution in [3.8, 4) is 0 Å². The smallest absolute Gasteiger partial charge is 0.293 e. The summed E-state index contributed by atoms with van der Waals surface area (Å²) in [5.74, 6) is -1.35. The summed E-state index contributed by atoms with van der Waals surface area (Å²) in [6.45, 7) is 0.